The number of nitrogen functional groups attached to an aromatic ring is 1. The van der Waals surface area contributed by atoms with E-state index in [0.29, 0.717) is 17.3 Å². The molecule has 0 saturated heterocycles. The van der Waals surface area contributed by atoms with Crippen LogP contribution in [-0.2, 0) is 0 Å². The van der Waals surface area contributed by atoms with Gasteiger partial charge in [0.15, 0.2) is 0 Å². The van der Waals surface area contributed by atoms with E-state index < -0.39 is 0 Å². The van der Waals surface area contributed by atoms with Crippen molar-refractivity contribution in [3.8, 4) is 0 Å². The molecule has 1 aromatic rings. The van der Waals surface area contributed by atoms with Crippen molar-refractivity contribution in [3.63, 3.8) is 0 Å². The predicted octanol–water partition coefficient (Wildman–Crippen LogP) is 3.73. The highest BCUT2D eigenvalue weighted by Crippen LogP contribution is 2.27. The monoisotopic (exact) mass is 324 g/mol. The lowest BCUT2D eigenvalue weighted by atomic mass is 9.84. The van der Waals surface area contributed by atoms with Crippen LogP contribution in [-0.4, -0.2) is 11.9 Å². The van der Waals surface area contributed by atoms with E-state index in [0.717, 1.165) is 23.2 Å². The topological polar surface area (TPSA) is 55.1 Å². The third-order valence-electron chi connectivity index (χ3n) is 4.02. The van der Waals surface area contributed by atoms with Gasteiger partial charge in [-0.25, -0.2) is 0 Å². The zero-order chi connectivity index (χ0) is 13.8. The van der Waals surface area contributed by atoms with Gasteiger partial charge in [-0.3, -0.25) is 4.79 Å². The highest BCUT2D eigenvalue weighted by molar-refractivity contribution is 9.10. The van der Waals surface area contributed by atoms with E-state index in [1.165, 1.54) is 19.3 Å². The molecular formula is C15H21BrN2O. The molecular weight excluding hydrogens is 304 g/mol. The summed E-state index contributed by atoms with van der Waals surface area (Å²) in [6, 6.07) is 5.68. The first-order chi connectivity index (χ1) is 9.10. The molecule has 1 fully saturated rings. The van der Waals surface area contributed by atoms with Crippen molar-refractivity contribution in [1.29, 1.82) is 0 Å². The molecule has 0 radical (unpaired) electrons. The average molecular weight is 325 g/mol. The van der Waals surface area contributed by atoms with Gasteiger partial charge in [0.2, 0.25) is 0 Å². The maximum absolute atomic E-state index is 12.2. The van der Waals surface area contributed by atoms with Gasteiger partial charge in [-0.15, -0.1) is 0 Å². The number of amides is 1. The normalized spacial score (nSPS) is 23.1. The standard InChI is InChI=1S/C15H21BrN2O/c1-2-10-3-6-12(7-4-10)18-15(19)13-9-11(16)5-8-14(13)17/h5,8-10,12H,2-4,6-7,17H2,1H3,(H,18,19). The number of hydrogen-bond acceptors (Lipinski definition) is 2. The lowest BCUT2D eigenvalue weighted by molar-refractivity contribution is 0.0922. The minimum absolute atomic E-state index is 0.0567. The summed E-state index contributed by atoms with van der Waals surface area (Å²) >= 11 is 3.37. The fourth-order valence-corrected chi connectivity index (χ4v) is 3.06. The summed E-state index contributed by atoms with van der Waals surface area (Å²) in [6.45, 7) is 2.24. The molecule has 0 heterocycles. The number of anilines is 1. The number of carbonyl (C=O) groups is 1. The number of benzene rings is 1. The molecule has 0 bridgehead atoms. The van der Waals surface area contributed by atoms with Gasteiger partial charge >= 0.3 is 0 Å². The molecule has 0 unspecified atom stereocenters. The molecule has 0 aliphatic heterocycles. The molecule has 104 valence electrons. The minimum atomic E-state index is -0.0567. The molecule has 3 N–H and O–H groups in total. The zero-order valence-electron chi connectivity index (χ0n) is 11.3. The number of hydrogen-bond donors (Lipinski definition) is 2. The summed E-state index contributed by atoms with van der Waals surface area (Å²) in [5.41, 5.74) is 6.95. The largest absolute Gasteiger partial charge is 0.398 e. The molecule has 1 amide bonds. The fourth-order valence-electron chi connectivity index (χ4n) is 2.70. The second-order valence-corrected chi connectivity index (χ2v) is 6.25. The summed E-state index contributed by atoms with van der Waals surface area (Å²) in [5.74, 6) is 0.780. The first-order valence-corrected chi connectivity index (χ1v) is 7.75. The summed E-state index contributed by atoms with van der Waals surface area (Å²) < 4.78 is 0.876. The van der Waals surface area contributed by atoms with Crippen LogP contribution in [0.15, 0.2) is 22.7 Å². The van der Waals surface area contributed by atoms with E-state index in [1.807, 2.05) is 6.07 Å². The van der Waals surface area contributed by atoms with Crippen LogP contribution in [0.2, 0.25) is 0 Å². The smallest absolute Gasteiger partial charge is 0.253 e. The lowest BCUT2D eigenvalue weighted by Crippen LogP contribution is -2.37. The third-order valence-corrected chi connectivity index (χ3v) is 4.51. The Kier molecular flexibility index (Phi) is 4.86. The van der Waals surface area contributed by atoms with Crippen LogP contribution in [0.25, 0.3) is 0 Å². The van der Waals surface area contributed by atoms with Crippen molar-refractivity contribution in [2.75, 3.05) is 5.73 Å². The Bertz CT molecular complexity index is 453. The van der Waals surface area contributed by atoms with Crippen molar-refractivity contribution < 1.29 is 4.79 Å². The average Bonchev–Trinajstić information content (AvgIpc) is 2.42. The lowest BCUT2D eigenvalue weighted by Gasteiger charge is -2.28. The van der Waals surface area contributed by atoms with Crippen LogP contribution >= 0.6 is 15.9 Å². The Balaban J connectivity index is 1.96. The Hall–Kier alpha value is -1.03. The summed E-state index contributed by atoms with van der Waals surface area (Å²) in [6.07, 6.45) is 5.85. The highest BCUT2D eigenvalue weighted by atomic mass is 79.9. The number of rotatable bonds is 3. The third kappa shape index (κ3) is 3.72. The van der Waals surface area contributed by atoms with Gasteiger partial charge in [-0.05, 0) is 49.8 Å². The molecule has 4 heteroatoms. The van der Waals surface area contributed by atoms with Crippen LogP contribution in [0, 0.1) is 5.92 Å². The van der Waals surface area contributed by atoms with Crippen molar-refractivity contribution in [2.45, 2.75) is 45.1 Å². The van der Waals surface area contributed by atoms with Gasteiger partial charge in [0.05, 0.1) is 5.56 Å². The predicted molar refractivity (Wildman–Crippen MR) is 82.1 cm³/mol. The van der Waals surface area contributed by atoms with E-state index in [-0.39, 0.29) is 5.91 Å². The molecule has 1 aromatic carbocycles. The molecule has 1 aliphatic carbocycles. The second-order valence-electron chi connectivity index (χ2n) is 5.33. The first kappa shape index (κ1) is 14.4. The quantitative estimate of drug-likeness (QED) is 0.832. The van der Waals surface area contributed by atoms with Gasteiger partial charge in [0.25, 0.3) is 5.91 Å². The van der Waals surface area contributed by atoms with Gasteiger partial charge in [0.1, 0.15) is 0 Å². The number of nitrogens with one attached hydrogen (secondary N) is 1. The molecule has 2 rings (SSSR count). The van der Waals surface area contributed by atoms with Crippen molar-refractivity contribution >= 4 is 27.5 Å². The van der Waals surface area contributed by atoms with Crippen molar-refractivity contribution in [2.24, 2.45) is 5.92 Å². The fraction of sp³-hybridized carbons (Fsp3) is 0.533. The SMILES string of the molecule is CCC1CCC(NC(=O)c2cc(Br)ccc2N)CC1. The van der Waals surface area contributed by atoms with E-state index in [9.17, 15) is 4.79 Å². The van der Waals surface area contributed by atoms with E-state index in [1.54, 1.807) is 12.1 Å². The van der Waals surface area contributed by atoms with Crippen LogP contribution in [0.3, 0.4) is 0 Å². The molecule has 0 atom stereocenters. The number of carbonyl (C=O) groups excluding carboxylic acids is 1. The Morgan fingerprint density at radius 1 is 1.37 bits per heavy atom. The van der Waals surface area contributed by atoms with Gasteiger partial charge < -0.3 is 11.1 Å². The Morgan fingerprint density at radius 3 is 2.68 bits per heavy atom. The van der Waals surface area contributed by atoms with E-state index in [2.05, 4.69) is 28.2 Å². The first-order valence-electron chi connectivity index (χ1n) is 6.96. The molecule has 19 heavy (non-hydrogen) atoms. The Labute approximate surface area is 123 Å². The molecule has 1 aliphatic rings. The van der Waals surface area contributed by atoms with Crippen LogP contribution in [0.4, 0.5) is 5.69 Å². The maximum atomic E-state index is 12.2. The molecule has 1 saturated carbocycles. The maximum Gasteiger partial charge on any atom is 0.253 e. The second kappa shape index (κ2) is 6.42. The van der Waals surface area contributed by atoms with Crippen molar-refractivity contribution in [1.82, 2.24) is 5.32 Å². The number of halogens is 1. The van der Waals surface area contributed by atoms with Gasteiger partial charge in [0, 0.05) is 16.2 Å². The van der Waals surface area contributed by atoms with Crippen LogP contribution < -0.4 is 11.1 Å². The summed E-state index contributed by atoms with van der Waals surface area (Å²) in [7, 11) is 0. The minimum Gasteiger partial charge on any atom is -0.398 e. The van der Waals surface area contributed by atoms with Crippen LogP contribution in [0.1, 0.15) is 49.4 Å². The van der Waals surface area contributed by atoms with Gasteiger partial charge in [-0.2, -0.15) is 0 Å². The molecule has 0 aromatic heterocycles. The summed E-state index contributed by atoms with van der Waals surface area (Å²) in [5, 5.41) is 3.11. The van der Waals surface area contributed by atoms with E-state index in [4.69, 9.17) is 5.73 Å². The molecule has 0 spiro atoms. The summed E-state index contributed by atoms with van der Waals surface area (Å²) in [4.78, 5) is 12.2. The molecule has 3 nitrogen and oxygen atoms in total. The van der Waals surface area contributed by atoms with Crippen molar-refractivity contribution in [3.05, 3.63) is 28.2 Å². The zero-order valence-corrected chi connectivity index (χ0v) is 12.9. The highest BCUT2D eigenvalue weighted by Gasteiger charge is 2.22. The van der Waals surface area contributed by atoms with Crippen LogP contribution in [0.5, 0.6) is 0 Å². The van der Waals surface area contributed by atoms with E-state index >= 15 is 0 Å². The number of nitrogens with two attached hydrogens (primary N) is 1. The Morgan fingerprint density at radius 2 is 2.05 bits per heavy atom. The van der Waals surface area contributed by atoms with Gasteiger partial charge in [-0.1, -0.05) is 29.3 Å².